The van der Waals surface area contributed by atoms with Crippen LogP contribution in [0.15, 0.2) is 47.6 Å². The van der Waals surface area contributed by atoms with Gasteiger partial charge in [-0.25, -0.2) is 4.39 Å². The molecule has 0 saturated carbocycles. The lowest BCUT2D eigenvalue weighted by Gasteiger charge is -2.28. The van der Waals surface area contributed by atoms with Crippen LogP contribution in [-0.4, -0.2) is 20.7 Å². The van der Waals surface area contributed by atoms with E-state index in [2.05, 4.69) is 24.0 Å². The van der Waals surface area contributed by atoms with Gasteiger partial charge < -0.3 is 19.8 Å². The fourth-order valence-electron chi connectivity index (χ4n) is 3.70. The number of aromatic nitrogens is 3. The van der Waals surface area contributed by atoms with Gasteiger partial charge in [-0.3, -0.25) is 4.79 Å². The zero-order chi connectivity index (χ0) is 23.4. The van der Waals surface area contributed by atoms with E-state index in [0.29, 0.717) is 41.1 Å². The molecular formula is C24H27FN4O3S. The molecule has 2 N–H and O–H groups in total. The van der Waals surface area contributed by atoms with Gasteiger partial charge in [0.25, 0.3) is 0 Å². The summed E-state index contributed by atoms with van der Waals surface area (Å²) in [5, 5.41) is 9.31. The van der Waals surface area contributed by atoms with Crippen molar-refractivity contribution in [3.05, 3.63) is 70.8 Å². The first kappa shape index (κ1) is 23.3. The lowest BCUT2D eigenvalue weighted by atomic mass is 10.1. The molecule has 2 heterocycles. The minimum atomic E-state index is -0.544. The van der Waals surface area contributed by atoms with Crippen molar-refractivity contribution in [1.82, 2.24) is 14.8 Å². The number of fused-ring (bicyclic) bond motifs is 1. The minimum absolute atomic E-state index is 0.215. The van der Waals surface area contributed by atoms with Crippen LogP contribution in [0.2, 0.25) is 0 Å². The highest BCUT2D eigenvalue weighted by Gasteiger charge is 2.25. The molecule has 0 radical (unpaired) electrons. The summed E-state index contributed by atoms with van der Waals surface area (Å²) in [5.74, 6) is 1.48. The summed E-state index contributed by atoms with van der Waals surface area (Å²) in [4.78, 5) is 11.2. The zero-order valence-electron chi connectivity index (χ0n) is 18.7. The molecule has 7 nitrogen and oxygen atoms in total. The molecule has 0 bridgehead atoms. The van der Waals surface area contributed by atoms with E-state index in [1.165, 1.54) is 23.9 Å². The number of thioether (sulfide) groups is 1. The van der Waals surface area contributed by atoms with E-state index >= 15 is 0 Å². The highest BCUT2D eigenvalue weighted by Crippen LogP contribution is 2.38. The Kier molecular flexibility index (Phi) is 7.29. The third kappa shape index (κ3) is 5.72. The SMILES string of the molecule is CC(C)Cn1c(CCC(N)=O)nnc1SCc1cc(F)cc2c1O[C@@H](c1ccccc1)OC2. The number of hydrogen-bond donors (Lipinski definition) is 1. The normalized spacial score (nSPS) is 15.3. The molecule has 0 unspecified atom stereocenters. The Morgan fingerprint density at radius 2 is 2.06 bits per heavy atom. The molecular weight excluding hydrogens is 443 g/mol. The van der Waals surface area contributed by atoms with Crippen LogP contribution in [-0.2, 0) is 34.9 Å². The molecule has 0 fully saturated rings. The Bertz CT molecular complexity index is 1120. The van der Waals surface area contributed by atoms with Crippen LogP contribution in [0.5, 0.6) is 5.75 Å². The van der Waals surface area contributed by atoms with Gasteiger partial charge in [-0.1, -0.05) is 55.9 Å². The van der Waals surface area contributed by atoms with Crippen LogP contribution in [0.3, 0.4) is 0 Å². The largest absolute Gasteiger partial charge is 0.460 e. The number of nitrogens with zero attached hydrogens (tertiary/aromatic N) is 3. The smallest absolute Gasteiger partial charge is 0.227 e. The van der Waals surface area contributed by atoms with Crippen molar-refractivity contribution < 1.29 is 18.7 Å². The van der Waals surface area contributed by atoms with Crippen molar-refractivity contribution in [2.24, 2.45) is 11.7 Å². The van der Waals surface area contributed by atoms with Gasteiger partial charge in [-0.15, -0.1) is 10.2 Å². The maximum absolute atomic E-state index is 14.3. The van der Waals surface area contributed by atoms with Gasteiger partial charge >= 0.3 is 0 Å². The first-order chi connectivity index (χ1) is 15.9. The second-order valence-corrected chi connectivity index (χ2v) is 9.33. The number of primary amides is 1. The topological polar surface area (TPSA) is 92.3 Å². The van der Waals surface area contributed by atoms with Crippen LogP contribution in [0.4, 0.5) is 4.39 Å². The molecule has 2 aromatic carbocycles. The van der Waals surface area contributed by atoms with Crippen LogP contribution in [0.1, 0.15) is 49.1 Å². The van der Waals surface area contributed by atoms with Crippen molar-refractivity contribution >= 4 is 17.7 Å². The molecule has 9 heteroatoms. The van der Waals surface area contributed by atoms with Crippen LogP contribution in [0, 0.1) is 11.7 Å². The summed E-state index contributed by atoms with van der Waals surface area (Å²) in [7, 11) is 0. The van der Waals surface area contributed by atoms with Crippen molar-refractivity contribution in [2.45, 2.75) is 57.0 Å². The van der Waals surface area contributed by atoms with Crippen LogP contribution >= 0.6 is 11.8 Å². The molecule has 1 aliphatic rings. The van der Waals surface area contributed by atoms with Crippen molar-refractivity contribution in [3.63, 3.8) is 0 Å². The molecule has 0 spiro atoms. The Labute approximate surface area is 196 Å². The van der Waals surface area contributed by atoms with E-state index in [1.54, 1.807) is 0 Å². The maximum Gasteiger partial charge on any atom is 0.227 e. The van der Waals surface area contributed by atoms with Gasteiger partial charge in [0, 0.05) is 41.8 Å². The molecule has 1 atom stereocenters. The third-order valence-corrected chi connectivity index (χ3v) is 6.20. The van der Waals surface area contributed by atoms with Gasteiger partial charge in [0.1, 0.15) is 17.4 Å². The number of rotatable bonds is 9. The first-order valence-electron chi connectivity index (χ1n) is 10.9. The average Bonchev–Trinajstić information content (AvgIpc) is 3.17. The number of amides is 1. The van der Waals surface area contributed by atoms with E-state index in [-0.39, 0.29) is 24.8 Å². The van der Waals surface area contributed by atoms with E-state index in [4.69, 9.17) is 15.2 Å². The fourth-order valence-corrected chi connectivity index (χ4v) is 4.63. The minimum Gasteiger partial charge on any atom is -0.460 e. The number of nitrogens with two attached hydrogens (primary N) is 1. The number of aryl methyl sites for hydroxylation is 1. The number of benzene rings is 2. The fraction of sp³-hybridized carbons (Fsp3) is 0.375. The van der Waals surface area contributed by atoms with Gasteiger partial charge in [0.2, 0.25) is 12.2 Å². The number of halogens is 1. The number of ether oxygens (including phenoxy) is 2. The van der Waals surface area contributed by atoms with Gasteiger partial charge in [0.05, 0.1) is 6.61 Å². The van der Waals surface area contributed by atoms with Crippen molar-refractivity contribution in [2.75, 3.05) is 0 Å². The monoisotopic (exact) mass is 470 g/mol. The Balaban J connectivity index is 1.56. The van der Waals surface area contributed by atoms with Gasteiger partial charge in [0.15, 0.2) is 5.16 Å². The highest BCUT2D eigenvalue weighted by molar-refractivity contribution is 7.98. The predicted molar refractivity (Wildman–Crippen MR) is 123 cm³/mol. The summed E-state index contributed by atoms with van der Waals surface area (Å²) in [5.41, 5.74) is 7.63. The predicted octanol–water partition coefficient (Wildman–Crippen LogP) is 4.39. The molecule has 1 aromatic heterocycles. The molecule has 4 rings (SSSR count). The second kappa shape index (κ2) is 10.4. The van der Waals surface area contributed by atoms with Crippen molar-refractivity contribution in [1.29, 1.82) is 0 Å². The summed E-state index contributed by atoms with van der Waals surface area (Å²) >= 11 is 1.46. The summed E-state index contributed by atoms with van der Waals surface area (Å²) in [6.07, 6.45) is 0.106. The second-order valence-electron chi connectivity index (χ2n) is 8.38. The van der Waals surface area contributed by atoms with Crippen molar-refractivity contribution in [3.8, 4) is 5.75 Å². The summed E-state index contributed by atoms with van der Waals surface area (Å²) in [6, 6.07) is 12.6. The van der Waals surface area contributed by atoms with Gasteiger partial charge in [-0.2, -0.15) is 0 Å². The molecule has 1 amide bonds. The standard InChI is InChI=1S/C24H27FN4O3S/c1-15(2)12-29-21(9-8-20(26)30)27-28-24(29)33-14-18-11-19(25)10-17-13-31-23(32-22(17)18)16-6-4-3-5-7-16/h3-7,10-11,15,23H,8-9,12-14H2,1-2H3,(H2,26,30)/t23-/m0/s1. The number of carbonyl (C=O) groups is 1. The lowest BCUT2D eigenvalue weighted by molar-refractivity contribution is -0.118. The molecule has 0 aliphatic carbocycles. The van der Waals surface area contributed by atoms with E-state index in [0.717, 1.165) is 17.0 Å². The summed E-state index contributed by atoms with van der Waals surface area (Å²) in [6.45, 7) is 5.19. The average molecular weight is 471 g/mol. The Morgan fingerprint density at radius 1 is 1.27 bits per heavy atom. The number of hydrogen-bond acceptors (Lipinski definition) is 6. The van der Waals surface area contributed by atoms with Crippen LogP contribution in [0.25, 0.3) is 0 Å². The quantitative estimate of drug-likeness (QED) is 0.466. The highest BCUT2D eigenvalue weighted by atomic mass is 32.2. The lowest BCUT2D eigenvalue weighted by Crippen LogP contribution is -2.19. The van der Waals surface area contributed by atoms with E-state index < -0.39 is 6.29 Å². The molecule has 174 valence electrons. The molecule has 33 heavy (non-hydrogen) atoms. The maximum atomic E-state index is 14.3. The van der Waals surface area contributed by atoms with Crippen LogP contribution < -0.4 is 10.5 Å². The zero-order valence-corrected chi connectivity index (χ0v) is 19.5. The number of carbonyl (C=O) groups excluding carboxylic acids is 1. The van der Waals surface area contributed by atoms with E-state index in [1.807, 2.05) is 34.9 Å². The molecule has 3 aromatic rings. The Morgan fingerprint density at radius 3 is 2.79 bits per heavy atom. The molecule has 1 aliphatic heterocycles. The van der Waals surface area contributed by atoms with Gasteiger partial charge in [-0.05, 0) is 18.1 Å². The third-order valence-electron chi connectivity index (χ3n) is 5.19. The summed E-state index contributed by atoms with van der Waals surface area (Å²) < 4.78 is 28.3. The Hall–Kier alpha value is -2.91. The van der Waals surface area contributed by atoms with E-state index in [9.17, 15) is 9.18 Å². The first-order valence-corrected chi connectivity index (χ1v) is 11.9. The molecule has 0 saturated heterocycles.